The Kier molecular flexibility index (Phi) is 7.19. The molecule has 144 valence electrons. The number of benzene rings is 2. The van der Waals surface area contributed by atoms with Crippen molar-refractivity contribution in [2.45, 2.75) is 38.1 Å². The normalized spacial score (nSPS) is 15.0. The summed E-state index contributed by atoms with van der Waals surface area (Å²) in [5, 5.41) is 6.27. The van der Waals surface area contributed by atoms with Gasteiger partial charge < -0.3 is 10.6 Å². The minimum atomic E-state index is 0.0206. The van der Waals surface area contributed by atoms with Gasteiger partial charge in [-0.05, 0) is 48.7 Å². The fraction of sp³-hybridized carbons (Fsp3) is 0.250. The molecule has 2 aromatic rings. The zero-order valence-electron chi connectivity index (χ0n) is 16.1. The van der Waals surface area contributed by atoms with E-state index in [2.05, 4.69) is 22.2 Å². The Balaban J connectivity index is 1.47. The van der Waals surface area contributed by atoms with Crippen molar-refractivity contribution in [2.75, 3.05) is 5.32 Å². The van der Waals surface area contributed by atoms with Crippen molar-refractivity contribution in [1.29, 1.82) is 0 Å². The number of carbonyl (C=O) groups excluding carboxylic acids is 1. The van der Waals surface area contributed by atoms with Gasteiger partial charge in [0.05, 0.1) is 0 Å². The number of rotatable bonds is 7. The van der Waals surface area contributed by atoms with Gasteiger partial charge in [-0.1, -0.05) is 62.2 Å². The maximum absolute atomic E-state index is 12.3. The SMILES string of the molecule is C=C(N=C/C=C/c1ccc(C(=O)NC2CCCCC2)cc1)Nc1ccccc1. The number of carbonyl (C=O) groups is 1. The first-order valence-corrected chi connectivity index (χ1v) is 9.83. The van der Waals surface area contributed by atoms with Crippen molar-refractivity contribution in [1.82, 2.24) is 5.32 Å². The van der Waals surface area contributed by atoms with Crippen LogP contribution in [-0.4, -0.2) is 18.2 Å². The molecule has 0 bridgehead atoms. The molecule has 1 saturated carbocycles. The maximum Gasteiger partial charge on any atom is 0.251 e. The van der Waals surface area contributed by atoms with Crippen LogP contribution in [0.25, 0.3) is 6.08 Å². The number of para-hydroxylation sites is 1. The van der Waals surface area contributed by atoms with Gasteiger partial charge in [0.25, 0.3) is 5.91 Å². The lowest BCUT2D eigenvalue weighted by Gasteiger charge is -2.22. The smallest absolute Gasteiger partial charge is 0.251 e. The maximum atomic E-state index is 12.3. The number of amides is 1. The van der Waals surface area contributed by atoms with Crippen LogP contribution in [0.3, 0.4) is 0 Å². The zero-order chi connectivity index (χ0) is 19.6. The Bertz CT molecular complexity index is 832. The number of anilines is 1. The van der Waals surface area contributed by atoms with E-state index in [4.69, 9.17) is 0 Å². The second-order valence-electron chi connectivity index (χ2n) is 7.01. The molecule has 1 amide bonds. The summed E-state index contributed by atoms with van der Waals surface area (Å²) in [4.78, 5) is 16.6. The number of nitrogens with one attached hydrogen (secondary N) is 2. The Morgan fingerprint density at radius 1 is 1.00 bits per heavy atom. The molecule has 0 aliphatic heterocycles. The molecule has 0 heterocycles. The van der Waals surface area contributed by atoms with E-state index >= 15 is 0 Å². The molecule has 0 radical (unpaired) electrons. The topological polar surface area (TPSA) is 53.5 Å². The quantitative estimate of drug-likeness (QED) is 0.637. The Hall–Kier alpha value is -3.14. The van der Waals surface area contributed by atoms with Gasteiger partial charge in [-0.2, -0.15) is 0 Å². The van der Waals surface area contributed by atoms with Crippen LogP contribution in [0.2, 0.25) is 0 Å². The fourth-order valence-corrected chi connectivity index (χ4v) is 3.27. The zero-order valence-corrected chi connectivity index (χ0v) is 16.1. The first kappa shape index (κ1) is 19.6. The molecule has 28 heavy (non-hydrogen) atoms. The van der Waals surface area contributed by atoms with Gasteiger partial charge in [-0.25, -0.2) is 4.99 Å². The lowest BCUT2D eigenvalue weighted by Crippen LogP contribution is -2.36. The van der Waals surface area contributed by atoms with Gasteiger partial charge >= 0.3 is 0 Å². The average Bonchev–Trinajstić information content (AvgIpc) is 2.73. The molecule has 2 N–H and O–H groups in total. The van der Waals surface area contributed by atoms with E-state index in [0.717, 1.165) is 24.1 Å². The van der Waals surface area contributed by atoms with E-state index < -0.39 is 0 Å². The summed E-state index contributed by atoms with van der Waals surface area (Å²) in [5.41, 5.74) is 2.68. The first-order chi connectivity index (χ1) is 13.7. The van der Waals surface area contributed by atoms with E-state index in [0.29, 0.717) is 17.4 Å². The van der Waals surface area contributed by atoms with Crippen LogP contribution in [0.4, 0.5) is 5.69 Å². The highest BCUT2D eigenvalue weighted by Gasteiger charge is 2.16. The molecule has 1 aliphatic carbocycles. The third-order valence-corrected chi connectivity index (χ3v) is 4.78. The van der Waals surface area contributed by atoms with Crippen molar-refractivity contribution >= 4 is 23.9 Å². The number of aliphatic imine (C=N–C) groups is 1. The lowest BCUT2D eigenvalue weighted by atomic mass is 9.95. The molecule has 0 spiro atoms. The largest absolute Gasteiger partial charge is 0.349 e. The summed E-state index contributed by atoms with van der Waals surface area (Å²) in [6, 6.07) is 17.7. The van der Waals surface area contributed by atoms with Crippen molar-refractivity contribution < 1.29 is 4.79 Å². The van der Waals surface area contributed by atoms with Gasteiger partial charge in [0, 0.05) is 23.5 Å². The highest BCUT2D eigenvalue weighted by molar-refractivity contribution is 5.94. The fourth-order valence-electron chi connectivity index (χ4n) is 3.27. The third-order valence-electron chi connectivity index (χ3n) is 4.78. The standard InChI is InChI=1S/C24H27N3O/c1-19(26-22-10-4-2-5-11-22)25-18-8-9-20-14-16-21(17-15-20)24(28)27-23-12-6-3-7-13-23/h2,4-5,8-11,14-18,23,26H,1,3,6-7,12-13H2,(H,27,28)/b9-8+,25-18?. The number of allylic oxidation sites excluding steroid dienone is 1. The molecular formula is C24H27N3O. The van der Waals surface area contributed by atoms with E-state index in [1.54, 1.807) is 6.21 Å². The molecule has 0 atom stereocenters. The molecule has 4 heteroatoms. The predicted molar refractivity (Wildman–Crippen MR) is 118 cm³/mol. The van der Waals surface area contributed by atoms with Crippen LogP contribution in [0.1, 0.15) is 48.0 Å². The Labute approximate surface area is 167 Å². The molecule has 2 aromatic carbocycles. The Morgan fingerprint density at radius 3 is 2.43 bits per heavy atom. The van der Waals surface area contributed by atoms with E-state index in [-0.39, 0.29) is 5.91 Å². The van der Waals surface area contributed by atoms with Crippen molar-refractivity contribution in [3.63, 3.8) is 0 Å². The second-order valence-corrected chi connectivity index (χ2v) is 7.01. The first-order valence-electron chi connectivity index (χ1n) is 9.83. The van der Waals surface area contributed by atoms with Crippen molar-refractivity contribution in [2.24, 2.45) is 4.99 Å². The van der Waals surface area contributed by atoms with Gasteiger partial charge in [0.2, 0.25) is 0 Å². The molecule has 1 aliphatic rings. The molecule has 0 saturated heterocycles. The highest BCUT2D eigenvalue weighted by Crippen LogP contribution is 2.18. The third kappa shape index (κ3) is 6.23. The van der Waals surface area contributed by atoms with Gasteiger partial charge in [-0.15, -0.1) is 0 Å². The van der Waals surface area contributed by atoms with Gasteiger partial charge in [0.15, 0.2) is 0 Å². The van der Waals surface area contributed by atoms with Crippen LogP contribution >= 0.6 is 0 Å². The molecule has 0 unspecified atom stereocenters. The van der Waals surface area contributed by atoms with Crippen LogP contribution in [0.15, 0.2) is 78.1 Å². The summed E-state index contributed by atoms with van der Waals surface area (Å²) in [5.74, 6) is 0.595. The molecule has 4 nitrogen and oxygen atoms in total. The second kappa shape index (κ2) is 10.3. The summed E-state index contributed by atoms with van der Waals surface area (Å²) < 4.78 is 0. The number of hydrogen-bond acceptors (Lipinski definition) is 3. The van der Waals surface area contributed by atoms with Crippen LogP contribution in [0, 0.1) is 0 Å². The average molecular weight is 373 g/mol. The molecule has 1 fully saturated rings. The van der Waals surface area contributed by atoms with E-state index in [9.17, 15) is 4.79 Å². The molecule has 3 rings (SSSR count). The van der Waals surface area contributed by atoms with Gasteiger partial charge in [0.1, 0.15) is 5.82 Å². The summed E-state index contributed by atoms with van der Waals surface area (Å²) in [7, 11) is 0. The van der Waals surface area contributed by atoms with Crippen molar-refractivity contribution in [3.05, 3.63) is 84.2 Å². The summed E-state index contributed by atoms with van der Waals surface area (Å²) in [6.07, 6.45) is 11.4. The molecule has 0 aromatic heterocycles. The summed E-state index contributed by atoms with van der Waals surface area (Å²) >= 11 is 0. The van der Waals surface area contributed by atoms with Crippen LogP contribution < -0.4 is 10.6 Å². The van der Waals surface area contributed by atoms with Crippen molar-refractivity contribution in [3.8, 4) is 0 Å². The van der Waals surface area contributed by atoms with E-state index in [1.807, 2.05) is 66.7 Å². The van der Waals surface area contributed by atoms with Gasteiger partial charge in [-0.3, -0.25) is 4.79 Å². The lowest BCUT2D eigenvalue weighted by molar-refractivity contribution is 0.0927. The minimum absolute atomic E-state index is 0.0206. The Morgan fingerprint density at radius 2 is 1.71 bits per heavy atom. The number of nitrogens with zero attached hydrogens (tertiary/aromatic N) is 1. The van der Waals surface area contributed by atoms with Crippen LogP contribution in [-0.2, 0) is 0 Å². The predicted octanol–water partition coefficient (Wildman–Crippen LogP) is 5.42. The minimum Gasteiger partial charge on any atom is -0.349 e. The highest BCUT2D eigenvalue weighted by atomic mass is 16.1. The number of hydrogen-bond donors (Lipinski definition) is 2. The molecular weight excluding hydrogens is 346 g/mol. The monoisotopic (exact) mass is 373 g/mol. The van der Waals surface area contributed by atoms with E-state index in [1.165, 1.54) is 19.3 Å². The summed E-state index contributed by atoms with van der Waals surface area (Å²) in [6.45, 7) is 3.89. The van der Waals surface area contributed by atoms with Crippen LogP contribution in [0.5, 0.6) is 0 Å².